The van der Waals surface area contributed by atoms with Gasteiger partial charge in [0, 0.05) is 68.7 Å². The molecule has 5 aromatic rings. The van der Waals surface area contributed by atoms with Crippen LogP contribution in [0.5, 0.6) is 0 Å². The van der Waals surface area contributed by atoms with Crippen LogP contribution >= 0.6 is 0 Å². The second-order valence-electron chi connectivity index (χ2n) is 9.63. The zero-order chi connectivity index (χ0) is 26.9. The molecule has 0 amide bonds. The SMILES string of the molecule is Cn1cc(-c2cc3nc(C(=O)O)ccc3c(-c3ccc(N4CCN(Cc5cccc(F)c5)CC4)nc3)n2)cn1. The van der Waals surface area contributed by atoms with Gasteiger partial charge in [-0.1, -0.05) is 12.1 Å². The molecule has 1 N–H and O–H groups in total. The summed E-state index contributed by atoms with van der Waals surface area (Å²) in [5.41, 5.74) is 4.44. The topological polar surface area (TPSA) is 100 Å². The van der Waals surface area contributed by atoms with Gasteiger partial charge >= 0.3 is 5.97 Å². The highest BCUT2D eigenvalue weighted by Crippen LogP contribution is 2.31. The summed E-state index contributed by atoms with van der Waals surface area (Å²) in [5.74, 6) is -0.412. The molecule has 39 heavy (non-hydrogen) atoms. The second-order valence-corrected chi connectivity index (χ2v) is 9.63. The van der Waals surface area contributed by atoms with Crippen LogP contribution in [0.2, 0.25) is 0 Å². The Hall–Kier alpha value is -4.70. The lowest BCUT2D eigenvalue weighted by Gasteiger charge is -2.35. The number of hydrogen-bond donors (Lipinski definition) is 1. The summed E-state index contributed by atoms with van der Waals surface area (Å²) < 4.78 is 15.2. The Morgan fingerprint density at radius 2 is 1.82 bits per heavy atom. The fraction of sp³-hybridized carbons (Fsp3) is 0.207. The van der Waals surface area contributed by atoms with Crippen LogP contribution in [0.3, 0.4) is 0 Å². The van der Waals surface area contributed by atoms with Crippen LogP contribution in [0, 0.1) is 5.82 Å². The third kappa shape index (κ3) is 5.19. The molecule has 4 aromatic heterocycles. The number of benzene rings is 1. The van der Waals surface area contributed by atoms with E-state index in [1.165, 1.54) is 12.1 Å². The number of hydrogen-bond acceptors (Lipinski definition) is 7. The molecule has 0 aliphatic carbocycles. The van der Waals surface area contributed by atoms with Crippen LogP contribution in [0.25, 0.3) is 33.4 Å². The van der Waals surface area contributed by atoms with Gasteiger partial charge in [0.2, 0.25) is 0 Å². The molecule has 1 aliphatic heterocycles. The van der Waals surface area contributed by atoms with E-state index in [0.29, 0.717) is 16.9 Å². The lowest BCUT2D eigenvalue weighted by molar-refractivity contribution is 0.0691. The third-order valence-electron chi connectivity index (χ3n) is 6.92. The van der Waals surface area contributed by atoms with Gasteiger partial charge in [-0.2, -0.15) is 5.10 Å². The molecule has 0 spiro atoms. The van der Waals surface area contributed by atoms with Crippen molar-refractivity contribution in [3.63, 3.8) is 0 Å². The van der Waals surface area contributed by atoms with E-state index in [0.717, 1.165) is 60.6 Å². The van der Waals surface area contributed by atoms with Crippen LogP contribution in [-0.2, 0) is 13.6 Å². The van der Waals surface area contributed by atoms with Gasteiger partial charge in [0.15, 0.2) is 0 Å². The van der Waals surface area contributed by atoms with Crippen molar-refractivity contribution in [2.75, 3.05) is 31.1 Å². The van der Waals surface area contributed by atoms with Gasteiger partial charge in [-0.3, -0.25) is 9.58 Å². The Kier molecular flexibility index (Phi) is 6.45. The minimum atomic E-state index is -1.08. The smallest absolute Gasteiger partial charge is 0.354 e. The van der Waals surface area contributed by atoms with Crippen molar-refractivity contribution in [2.24, 2.45) is 7.05 Å². The van der Waals surface area contributed by atoms with E-state index in [-0.39, 0.29) is 11.5 Å². The first-order valence-electron chi connectivity index (χ1n) is 12.7. The van der Waals surface area contributed by atoms with Crippen molar-refractivity contribution in [2.45, 2.75) is 6.54 Å². The molecule has 196 valence electrons. The molecule has 6 rings (SSSR count). The van der Waals surface area contributed by atoms with Crippen molar-refractivity contribution >= 4 is 22.7 Å². The third-order valence-corrected chi connectivity index (χ3v) is 6.92. The summed E-state index contributed by atoms with van der Waals surface area (Å²) in [7, 11) is 1.83. The van der Waals surface area contributed by atoms with Crippen LogP contribution in [0.15, 0.2) is 73.2 Å². The quantitative estimate of drug-likeness (QED) is 0.353. The van der Waals surface area contributed by atoms with E-state index in [1.54, 1.807) is 41.3 Å². The maximum atomic E-state index is 13.5. The minimum absolute atomic E-state index is 0.0261. The van der Waals surface area contributed by atoms with Crippen molar-refractivity contribution in [1.82, 2.24) is 29.6 Å². The van der Waals surface area contributed by atoms with Crippen LogP contribution in [0.4, 0.5) is 10.2 Å². The molecule has 0 saturated carbocycles. The molecular formula is C29H26FN7O2. The zero-order valence-corrected chi connectivity index (χ0v) is 21.3. The number of nitrogens with zero attached hydrogens (tertiary/aromatic N) is 7. The Labute approximate surface area is 224 Å². The molecule has 9 nitrogen and oxygen atoms in total. The van der Waals surface area contributed by atoms with Crippen molar-refractivity contribution in [3.8, 4) is 22.5 Å². The number of piperazine rings is 1. The monoisotopic (exact) mass is 523 g/mol. The van der Waals surface area contributed by atoms with Gasteiger partial charge in [-0.15, -0.1) is 0 Å². The Balaban J connectivity index is 1.25. The molecule has 1 aromatic carbocycles. The summed E-state index contributed by atoms with van der Waals surface area (Å²) >= 11 is 0. The summed E-state index contributed by atoms with van der Waals surface area (Å²) in [5, 5.41) is 14.4. The maximum absolute atomic E-state index is 13.5. The van der Waals surface area contributed by atoms with E-state index in [1.807, 2.05) is 31.4 Å². The molecule has 10 heteroatoms. The number of anilines is 1. The normalized spacial score (nSPS) is 14.2. The van der Waals surface area contributed by atoms with Gasteiger partial charge in [-0.25, -0.2) is 24.1 Å². The van der Waals surface area contributed by atoms with Crippen molar-refractivity contribution in [1.29, 1.82) is 0 Å². The van der Waals surface area contributed by atoms with Gasteiger partial charge in [0.1, 0.15) is 17.3 Å². The predicted octanol–water partition coefficient (Wildman–Crippen LogP) is 4.25. The van der Waals surface area contributed by atoms with E-state index in [4.69, 9.17) is 9.97 Å². The first-order valence-corrected chi connectivity index (χ1v) is 12.7. The van der Waals surface area contributed by atoms with Gasteiger partial charge in [0.05, 0.1) is 23.1 Å². The van der Waals surface area contributed by atoms with E-state index >= 15 is 0 Å². The lowest BCUT2D eigenvalue weighted by atomic mass is 10.1. The molecule has 1 fully saturated rings. The second kappa shape index (κ2) is 10.2. The van der Waals surface area contributed by atoms with Crippen molar-refractivity contribution < 1.29 is 14.3 Å². The molecular weight excluding hydrogens is 497 g/mol. The highest BCUT2D eigenvalue weighted by Gasteiger charge is 2.19. The number of pyridine rings is 3. The molecule has 5 heterocycles. The zero-order valence-electron chi connectivity index (χ0n) is 21.3. The number of carbonyl (C=O) groups is 1. The molecule has 0 radical (unpaired) electrons. The summed E-state index contributed by atoms with van der Waals surface area (Å²) in [4.78, 5) is 30.1. The Morgan fingerprint density at radius 1 is 0.974 bits per heavy atom. The number of carboxylic acids is 1. The highest BCUT2D eigenvalue weighted by molar-refractivity contribution is 5.97. The van der Waals surface area contributed by atoms with Gasteiger partial charge in [-0.05, 0) is 48.0 Å². The average Bonchev–Trinajstić information content (AvgIpc) is 3.39. The van der Waals surface area contributed by atoms with E-state index in [9.17, 15) is 14.3 Å². The van der Waals surface area contributed by atoms with E-state index in [2.05, 4.69) is 19.9 Å². The Bertz CT molecular complexity index is 1660. The molecule has 0 bridgehead atoms. The summed E-state index contributed by atoms with van der Waals surface area (Å²) in [6, 6.07) is 15.7. The van der Waals surface area contributed by atoms with Crippen LogP contribution in [0.1, 0.15) is 16.1 Å². The molecule has 0 unspecified atom stereocenters. The number of aryl methyl sites for hydroxylation is 1. The lowest BCUT2D eigenvalue weighted by Crippen LogP contribution is -2.46. The minimum Gasteiger partial charge on any atom is -0.477 e. The summed E-state index contributed by atoms with van der Waals surface area (Å²) in [6.45, 7) is 4.08. The number of aromatic nitrogens is 5. The maximum Gasteiger partial charge on any atom is 0.354 e. The Morgan fingerprint density at radius 3 is 2.51 bits per heavy atom. The number of rotatable bonds is 6. The van der Waals surface area contributed by atoms with Crippen LogP contribution in [-0.4, -0.2) is 66.9 Å². The number of aromatic carboxylic acids is 1. The van der Waals surface area contributed by atoms with Gasteiger partial charge in [0.25, 0.3) is 0 Å². The first kappa shape index (κ1) is 24.6. The fourth-order valence-electron chi connectivity index (χ4n) is 4.91. The number of fused-ring (bicyclic) bond motifs is 1. The van der Waals surface area contributed by atoms with Crippen LogP contribution < -0.4 is 4.90 Å². The first-order chi connectivity index (χ1) is 18.9. The molecule has 1 saturated heterocycles. The largest absolute Gasteiger partial charge is 0.477 e. The van der Waals surface area contributed by atoms with E-state index < -0.39 is 5.97 Å². The van der Waals surface area contributed by atoms with Gasteiger partial charge < -0.3 is 10.0 Å². The standard InChI is InChI=1S/C29H26FN7O2/c1-35-18-21(16-32-35)25-14-26-23(6-7-24(33-26)29(38)39)28(34-25)20-5-8-27(31-15-20)37-11-9-36(10-12-37)17-19-3-2-4-22(30)13-19/h2-8,13-16,18H,9-12,17H2,1H3,(H,38,39). The molecule has 1 aliphatic rings. The molecule has 0 atom stereocenters. The average molecular weight is 524 g/mol. The van der Waals surface area contributed by atoms with Crippen molar-refractivity contribution in [3.05, 3.63) is 90.3 Å². The highest BCUT2D eigenvalue weighted by atomic mass is 19.1. The number of halogens is 1. The fourth-order valence-corrected chi connectivity index (χ4v) is 4.91. The summed E-state index contributed by atoms with van der Waals surface area (Å²) in [6.07, 6.45) is 5.37. The predicted molar refractivity (Wildman–Crippen MR) is 146 cm³/mol. The number of carboxylic acid groups (broad SMARTS) is 1.